The van der Waals surface area contributed by atoms with Crippen LogP contribution in [0.4, 0.5) is 0 Å². The van der Waals surface area contributed by atoms with Gasteiger partial charge in [0.2, 0.25) is 10.0 Å². The lowest BCUT2D eigenvalue weighted by Gasteiger charge is -2.33. The van der Waals surface area contributed by atoms with Gasteiger partial charge in [-0.3, -0.25) is 4.79 Å². The zero-order valence-electron chi connectivity index (χ0n) is 16.9. The number of aromatic amines is 1. The molecule has 1 aromatic heterocycles. The summed E-state index contributed by atoms with van der Waals surface area (Å²) in [6, 6.07) is 13.3. The van der Waals surface area contributed by atoms with E-state index in [1.165, 1.54) is 4.31 Å². The third kappa shape index (κ3) is 4.11. The van der Waals surface area contributed by atoms with Crippen molar-refractivity contribution in [1.29, 1.82) is 0 Å². The molecule has 0 amide bonds. The Labute approximate surface area is 175 Å². The molecule has 0 atom stereocenters. The van der Waals surface area contributed by atoms with Crippen LogP contribution in [0, 0.1) is 0 Å². The molecule has 4 rings (SSSR count). The van der Waals surface area contributed by atoms with Crippen LogP contribution in [-0.2, 0) is 16.6 Å². The maximum atomic E-state index is 13.5. The fraction of sp³-hybridized carbons (Fsp3) is 0.364. The Balaban J connectivity index is 1.73. The van der Waals surface area contributed by atoms with Crippen LogP contribution in [0.25, 0.3) is 10.9 Å². The van der Waals surface area contributed by atoms with Crippen molar-refractivity contribution in [2.75, 3.05) is 7.11 Å². The maximum Gasteiger partial charge on any atom is 0.258 e. The normalized spacial score (nSPS) is 15.5. The van der Waals surface area contributed by atoms with Gasteiger partial charge in [-0.1, -0.05) is 31.4 Å². The van der Waals surface area contributed by atoms with E-state index in [1.54, 1.807) is 49.6 Å². The highest BCUT2D eigenvalue weighted by Gasteiger charge is 2.33. The molecule has 0 aliphatic heterocycles. The molecule has 3 aromatic rings. The second-order valence-electron chi connectivity index (χ2n) is 7.55. The first-order valence-electron chi connectivity index (χ1n) is 10.1. The third-order valence-electron chi connectivity index (χ3n) is 5.62. The lowest BCUT2D eigenvalue weighted by Crippen LogP contribution is -2.41. The molecule has 30 heavy (non-hydrogen) atoms. The zero-order chi connectivity index (χ0) is 21.1. The van der Waals surface area contributed by atoms with E-state index in [9.17, 15) is 13.2 Å². The topological polar surface area (TPSA) is 92.4 Å². The van der Waals surface area contributed by atoms with Crippen molar-refractivity contribution < 1.29 is 13.2 Å². The van der Waals surface area contributed by atoms with Crippen molar-refractivity contribution in [3.63, 3.8) is 0 Å². The average Bonchev–Trinajstić information content (AvgIpc) is 2.78. The smallest absolute Gasteiger partial charge is 0.258 e. The molecule has 7 nitrogen and oxygen atoms in total. The molecule has 1 N–H and O–H groups in total. The van der Waals surface area contributed by atoms with E-state index in [0.717, 1.165) is 32.1 Å². The Morgan fingerprint density at radius 2 is 1.77 bits per heavy atom. The van der Waals surface area contributed by atoms with E-state index >= 15 is 0 Å². The van der Waals surface area contributed by atoms with Gasteiger partial charge in [-0.05, 0) is 49.2 Å². The van der Waals surface area contributed by atoms with Crippen LogP contribution in [0.2, 0.25) is 0 Å². The van der Waals surface area contributed by atoms with Gasteiger partial charge in [-0.15, -0.1) is 0 Å². The fourth-order valence-electron chi connectivity index (χ4n) is 4.02. The molecule has 158 valence electrons. The second kappa shape index (κ2) is 8.57. The number of aromatic nitrogens is 2. The van der Waals surface area contributed by atoms with Crippen molar-refractivity contribution >= 4 is 20.9 Å². The number of hydrogen-bond donors (Lipinski definition) is 1. The van der Waals surface area contributed by atoms with Gasteiger partial charge in [0.25, 0.3) is 5.56 Å². The predicted octanol–water partition coefficient (Wildman–Crippen LogP) is 3.46. The van der Waals surface area contributed by atoms with Crippen LogP contribution in [-0.4, -0.2) is 35.8 Å². The van der Waals surface area contributed by atoms with Gasteiger partial charge in [-0.2, -0.15) is 4.31 Å². The molecule has 0 saturated heterocycles. The molecule has 0 spiro atoms. The van der Waals surface area contributed by atoms with E-state index in [1.807, 2.05) is 6.07 Å². The number of H-pyrrole nitrogens is 1. The van der Waals surface area contributed by atoms with Gasteiger partial charge in [0.05, 0.1) is 29.5 Å². The number of para-hydroxylation sites is 1. The minimum Gasteiger partial charge on any atom is -0.497 e. The molecule has 1 fully saturated rings. The molecular formula is C22H25N3O4S. The van der Waals surface area contributed by atoms with Gasteiger partial charge < -0.3 is 9.72 Å². The molecule has 8 heteroatoms. The van der Waals surface area contributed by atoms with E-state index in [4.69, 9.17) is 4.74 Å². The summed E-state index contributed by atoms with van der Waals surface area (Å²) in [6.45, 7) is 0.0269. The lowest BCUT2D eigenvalue weighted by molar-refractivity contribution is 0.244. The number of hydrogen-bond acceptors (Lipinski definition) is 5. The van der Waals surface area contributed by atoms with Gasteiger partial charge in [0.1, 0.15) is 11.6 Å². The highest BCUT2D eigenvalue weighted by molar-refractivity contribution is 7.89. The van der Waals surface area contributed by atoms with Crippen molar-refractivity contribution in [3.05, 3.63) is 64.7 Å². The number of rotatable bonds is 6. The minimum absolute atomic E-state index is 0.0269. The van der Waals surface area contributed by atoms with Crippen molar-refractivity contribution in [1.82, 2.24) is 14.3 Å². The number of ether oxygens (including phenoxy) is 1. The van der Waals surface area contributed by atoms with Crippen LogP contribution in [0.15, 0.2) is 58.2 Å². The molecule has 2 aromatic carbocycles. The maximum absolute atomic E-state index is 13.5. The summed E-state index contributed by atoms with van der Waals surface area (Å²) in [5.41, 5.74) is 0.294. The van der Waals surface area contributed by atoms with Crippen LogP contribution < -0.4 is 10.3 Å². The van der Waals surface area contributed by atoms with Crippen molar-refractivity contribution in [2.45, 2.75) is 49.6 Å². The molecule has 1 heterocycles. The lowest BCUT2D eigenvalue weighted by atomic mass is 9.95. The van der Waals surface area contributed by atoms with E-state index in [2.05, 4.69) is 9.97 Å². The highest BCUT2D eigenvalue weighted by atomic mass is 32.2. The molecule has 1 aliphatic rings. The minimum atomic E-state index is -3.77. The number of methoxy groups -OCH3 is 1. The number of nitrogens with zero attached hydrogens (tertiary/aromatic N) is 2. The van der Waals surface area contributed by atoms with Gasteiger partial charge in [-0.25, -0.2) is 13.4 Å². The monoisotopic (exact) mass is 427 g/mol. The van der Waals surface area contributed by atoms with Crippen LogP contribution in [0.1, 0.15) is 37.9 Å². The summed E-state index contributed by atoms with van der Waals surface area (Å²) in [5.74, 6) is 0.944. The summed E-state index contributed by atoms with van der Waals surface area (Å²) < 4.78 is 33.8. The Hall–Kier alpha value is -2.71. The van der Waals surface area contributed by atoms with E-state index in [-0.39, 0.29) is 23.0 Å². The SMILES string of the molecule is COc1ccc(S(=O)(=O)N(Cc2nc3ccccc3c(=O)[nH]2)C2CCCCC2)cc1. The van der Waals surface area contributed by atoms with Crippen molar-refractivity contribution in [3.8, 4) is 5.75 Å². The first-order chi connectivity index (χ1) is 14.5. The molecule has 0 bridgehead atoms. The highest BCUT2D eigenvalue weighted by Crippen LogP contribution is 2.29. The quantitative estimate of drug-likeness (QED) is 0.650. The second-order valence-corrected chi connectivity index (χ2v) is 9.44. The number of nitrogens with one attached hydrogen (secondary N) is 1. The number of fused-ring (bicyclic) bond motifs is 1. The number of benzene rings is 2. The molecule has 1 aliphatic carbocycles. The zero-order valence-corrected chi connectivity index (χ0v) is 17.7. The largest absolute Gasteiger partial charge is 0.497 e. The van der Waals surface area contributed by atoms with E-state index in [0.29, 0.717) is 22.5 Å². The summed E-state index contributed by atoms with van der Waals surface area (Å²) in [7, 11) is -2.23. The van der Waals surface area contributed by atoms with Gasteiger partial charge >= 0.3 is 0 Å². The number of sulfonamides is 1. The predicted molar refractivity (Wildman–Crippen MR) is 115 cm³/mol. The van der Waals surface area contributed by atoms with Crippen LogP contribution in [0.3, 0.4) is 0 Å². The third-order valence-corrected chi connectivity index (χ3v) is 7.53. The molecule has 1 saturated carbocycles. The summed E-state index contributed by atoms with van der Waals surface area (Å²) in [6.07, 6.45) is 4.68. The Morgan fingerprint density at radius 3 is 2.47 bits per heavy atom. The molecular weight excluding hydrogens is 402 g/mol. The first kappa shape index (κ1) is 20.6. The fourth-order valence-corrected chi connectivity index (χ4v) is 5.67. The Bertz CT molecular complexity index is 1180. The molecule has 0 unspecified atom stereocenters. The standard InChI is InChI=1S/C22H25N3O4S/c1-29-17-11-13-18(14-12-17)30(27,28)25(16-7-3-2-4-8-16)15-21-23-20-10-6-5-9-19(20)22(26)24-21/h5-6,9-14,16H,2-4,7-8,15H2,1H3,(H,23,24,26). The Kier molecular flexibility index (Phi) is 5.87. The van der Waals surface area contributed by atoms with Gasteiger partial charge in [0.15, 0.2) is 0 Å². The summed E-state index contributed by atoms with van der Waals surface area (Å²) in [4.78, 5) is 20.0. The van der Waals surface area contributed by atoms with Crippen LogP contribution >= 0.6 is 0 Å². The average molecular weight is 428 g/mol. The van der Waals surface area contributed by atoms with Gasteiger partial charge in [0, 0.05) is 6.04 Å². The summed E-state index contributed by atoms with van der Waals surface area (Å²) >= 11 is 0. The van der Waals surface area contributed by atoms with E-state index < -0.39 is 10.0 Å². The van der Waals surface area contributed by atoms with Crippen molar-refractivity contribution in [2.24, 2.45) is 0 Å². The summed E-state index contributed by atoms with van der Waals surface area (Å²) in [5, 5.41) is 0.489. The molecule has 0 radical (unpaired) electrons. The first-order valence-corrected chi connectivity index (χ1v) is 11.6. The van der Waals surface area contributed by atoms with Crippen LogP contribution in [0.5, 0.6) is 5.75 Å². The Morgan fingerprint density at radius 1 is 1.07 bits per heavy atom.